The lowest BCUT2D eigenvalue weighted by atomic mass is 9.86. The van der Waals surface area contributed by atoms with Gasteiger partial charge in [-0.05, 0) is 98.7 Å². The second kappa shape index (κ2) is 19.7. The Morgan fingerprint density at radius 2 is 0.981 bits per heavy atom. The van der Waals surface area contributed by atoms with Crippen molar-refractivity contribution in [2.75, 3.05) is 0 Å². The highest BCUT2D eigenvalue weighted by molar-refractivity contribution is 5.85. The van der Waals surface area contributed by atoms with Gasteiger partial charge in [0.05, 0.1) is 0 Å². The van der Waals surface area contributed by atoms with Crippen LogP contribution in [0.3, 0.4) is 0 Å². The highest BCUT2D eigenvalue weighted by Gasteiger charge is 2.14. The molecule has 2 nitrogen and oxygen atoms in total. The van der Waals surface area contributed by atoms with Crippen molar-refractivity contribution in [3.05, 3.63) is 156 Å². The molecule has 2 heteroatoms. The average Bonchev–Trinajstić information content (AvgIpc) is 3.07. The molecular weight excluding hydrogens is 641 g/mol. The Morgan fingerprint density at radius 3 is 1.57 bits per heavy atom. The predicted molar refractivity (Wildman–Crippen MR) is 234 cm³/mol. The van der Waals surface area contributed by atoms with Gasteiger partial charge in [-0.3, -0.25) is 9.97 Å². The van der Waals surface area contributed by atoms with Crippen LogP contribution in [0, 0.1) is 21.7 Å². The molecule has 0 bridgehead atoms. The van der Waals surface area contributed by atoms with Gasteiger partial charge in [-0.1, -0.05) is 186 Å². The van der Waals surface area contributed by atoms with Crippen LogP contribution in [0.15, 0.2) is 134 Å². The lowest BCUT2D eigenvalue weighted by Crippen LogP contribution is -2.10. The molecule has 2 aromatic heterocycles. The second-order valence-corrected chi connectivity index (χ2v) is 19.3. The van der Waals surface area contributed by atoms with E-state index in [4.69, 9.17) is 0 Å². The Kier molecular flexibility index (Phi) is 16.0. The molecule has 53 heavy (non-hydrogen) atoms. The number of rotatable bonds is 5. The molecule has 0 N–H and O–H groups in total. The van der Waals surface area contributed by atoms with Crippen LogP contribution < -0.4 is 0 Å². The van der Waals surface area contributed by atoms with Crippen molar-refractivity contribution in [1.29, 1.82) is 0 Å². The summed E-state index contributed by atoms with van der Waals surface area (Å²) in [7, 11) is 0. The van der Waals surface area contributed by atoms with Gasteiger partial charge in [0.2, 0.25) is 0 Å². The standard InChI is InChI=1S/C15H18.C14H17N.C11H17N.C11H16/c1-15(2,3)11-13-9-6-8-12-7-4-5-10-14(12)13;1-14(2,3)9-13-8-11-6-4-5-7-12(11)10-15-13;1-11(2,3)7-6-10-5-4-8-12-9-10;1-11(2,3)9-10-7-5-4-6-8-10/h4-10H,11H2,1-3H3;4-8,10H,9H2,1-3H3;4-5,8-9H,6-7H2,1-3H3;4-8H,9H2,1-3H3. The molecular formula is C51H68N2. The minimum atomic E-state index is 0.301. The zero-order valence-corrected chi connectivity index (χ0v) is 35.1. The minimum absolute atomic E-state index is 0.301. The van der Waals surface area contributed by atoms with Gasteiger partial charge >= 0.3 is 0 Å². The summed E-state index contributed by atoms with van der Waals surface area (Å²) in [5.74, 6) is 0. The van der Waals surface area contributed by atoms with E-state index in [1.54, 1.807) is 0 Å². The molecule has 6 aromatic rings. The van der Waals surface area contributed by atoms with Crippen molar-refractivity contribution in [1.82, 2.24) is 9.97 Å². The topological polar surface area (TPSA) is 25.8 Å². The zero-order chi connectivity index (χ0) is 39.1. The predicted octanol–water partition coefficient (Wildman–Crippen LogP) is 14.6. The van der Waals surface area contributed by atoms with Crippen LogP contribution in [-0.2, 0) is 25.7 Å². The molecule has 0 radical (unpaired) electrons. The molecule has 0 aliphatic carbocycles. The summed E-state index contributed by atoms with van der Waals surface area (Å²) in [5, 5.41) is 5.25. The lowest BCUT2D eigenvalue weighted by molar-refractivity contribution is 0.378. The number of pyridine rings is 2. The van der Waals surface area contributed by atoms with Crippen LogP contribution in [0.1, 0.15) is 112 Å². The van der Waals surface area contributed by atoms with Gasteiger partial charge < -0.3 is 0 Å². The number of benzene rings is 4. The quantitative estimate of drug-likeness (QED) is 0.178. The van der Waals surface area contributed by atoms with E-state index in [0.717, 1.165) is 25.7 Å². The van der Waals surface area contributed by atoms with Crippen LogP contribution in [0.25, 0.3) is 21.5 Å². The van der Waals surface area contributed by atoms with Crippen molar-refractivity contribution in [2.24, 2.45) is 21.7 Å². The Labute approximate surface area is 323 Å². The highest BCUT2D eigenvalue weighted by atomic mass is 14.7. The van der Waals surface area contributed by atoms with Crippen LogP contribution in [0.5, 0.6) is 0 Å². The van der Waals surface area contributed by atoms with Gasteiger partial charge in [0, 0.05) is 29.7 Å². The van der Waals surface area contributed by atoms with Gasteiger partial charge in [-0.2, -0.15) is 0 Å². The molecule has 0 saturated carbocycles. The minimum Gasteiger partial charge on any atom is -0.264 e. The van der Waals surface area contributed by atoms with Crippen molar-refractivity contribution in [3.63, 3.8) is 0 Å². The van der Waals surface area contributed by atoms with Crippen molar-refractivity contribution in [3.8, 4) is 0 Å². The Balaban J connectivity index is 0.000000192. The molecule has 2 heterocycles. The summed E-state index contributed by atoms with van der Waals surface area (Å²) in [6, 6.07) is 40.5. The number of aryl methyl sites for hydroxylation is 1. The fraction of sp³-hybridized carbons (Fsp3) is 0.412. The van der Waals surface area contributed by atoms with Crippen LogP contribution in [0.2, 0.25) is 0 Å². The number of fused-ring (bicyclic) bond motifs is 2. The fourth-order valence-corrected chi connectivity index (χ4v) is 6.06. The van der Waals surface area contributed by atoms with E-state index >= 15 is 0 Å². The maximum atomic E-state index is 4.49. The van der Waals surface area contributed by atoms with E-state index in [-0.39, 0.29) is 0 Å². The zero-order valence-electron chi connectivity index (χ0n) is 35.1. The third-order valence-corrected chi connectivity index (χ3v) is 8.46. The first kappa shape index (κ1) is 43.1. The number of hydrogen-bond donors (Lipinski definition) is 0. The highest BCUT2D eigenvalue weighted by Crippen LogP contribution is 2.27. The van der Waals surface area contributed by atoms with E-state index in [2.05, 4.69) is 196 Å². The van der Waals surface area contributed by atoms with Gasteiger partial charge in [-0.15, -0.1) is 0 Å². The number of hydrogen-bond acceptors (Lipinski definition) is 2. The maximum Gasteiger partial charge on any atom is 0.0415 e. The Bertz CT molecular complexity index is 1900. The third-order valence-electron chi connectivity index (χ3n) is 8.46. The second-order valence-electron chi connectivity index (χ2n) is 19.3. The van der Waals surface area contributed by atoms with Crippen LogP contribution >= 0.6 is 0 Å². The summed E-state index contributed by atoms with van der Waals surface area (Å²) in [4.78, 5) is 8.58. The normalized spacial score (nSPS) is 11.8. The summed E-state index contributed by atoms with van der Waals surface area (Å²) < 4.78 is 0. The molecule has 0 saturated heterocycles. The molecule has 0 atom stereocenters. The molecule has 6 rings (SSSR count). The molecule has 0 amide bonds. The van der Waals surface area contributed by atoms with E-state index in [1.165, 1.54) is 50.4 Å². The maximum absolute atomic E-state index is 4.49. The largest absolute Gasteiger partial charge is 0.264 e. The SMILES string of the molecule is CC(C)(C)CCc1cccnc1.CC(C)(C)Cc1cc2ccccc2cn1.CC(C)(C)Cc1cccc2ccccc12.CC(C)(C)Cc1ccccc1. The van der Waals surface area contributed by atoms with Crippen LogP contribution in [0.4, 0.5) is 0 Å². The van der Waals surface area contributed by atoms with Crippen LogP contribution in [-0.4, -0.2) is 9.97 Å². The number of aromatic nitrogens is 2. The molecule has 4 aromatic carbocycles. The summed E-state index contributed by atoms with van der Waals surface area (Å²) in [5.41, 5.74) is 6.89. The fourth-order valence-electron chi connectivity index (χ4n) is 6.06. The molecule has 0 aliphatic rings. The first-order chi connectivity index (χ1) is 24.8. The lowest BCUT2D eigenvalue weighted by Gasteiger charge is -2.19. The molecule has 0 unspecified atom stereocenters. The third kappa shape index (κ3) is 18.3. The molecule has 282 valence electrons. The first-order valence-corrected chi connectivity index (χ1v) is 19.5. The van der Waals surface area contributed by atoms with Gasteiger partial charge in [0.1, 0.15) is 0 Å². The number of nitrogens with zero attached hydrogens (tertiary/aromatic N) is 2. The van der Waals surface area contributed by atoms with E-state index in [0.29, 0.717) is 21.7 Å². The van der Waals surface area contributed by atoms with Gasteiger partial charge in [-0.25, -0.2) is 0 Å². The van der Waals surface area contributed by atoms with Gasteiger partial charge in [0.25, 0.3) is 0 Å². The average molecular weight is 709 g/mol. The van der Waals surface area contributed by atoms with Crippen molar-refractivity contribution in [2.45, 2.75) is 115 Å². The first-order valence-electron chi connectivity index (χ1n) is 19.5. The Morgan fingerprint density at radius 1 is 0.434 bits per heavy atom. The summed E-state index contributed by atoms with van der Waals surface area (Å²) in [6.45, 7) is 27.2. The molecule has 0 fully saturated rings. The summed E-state index contributed by atoms with van der Waals surface area (Å²) in [6.07, 6.45) is 11.4. The van der Waals surface area contributed by atoms with Crippen molar-refractivity contribution < 1.29 is 0 Å². The van der Waals surface area contributed by atoms with Crippen molar-refractivity contribution >= 4 is 21.5 Å². The molecule has 0 spiro atoms. The van der Waals surface area contributed by atoms with Gasteiger partial charge in [0.15, 0.2) is 0 Å². The monoisotopic (exact) mass is 709 g/mol. The smallest absolute Gasteiger partial charge is 0.0415 e. The van der Waals surface area contributed by atoms with E-state index < -0.39 is 0 Å². The van der Waals surface area contributed by atoms with E-state index in [9.17, 15) is 0 Å². The summed E-state index contributed by atoms with van der Waals surface area (Å²) >= 11 is 0. The van der Waals surface area contributed by atoms with E-state index in [1.807, 2.05) is 30.7 Å². The Hall–Kier alpha value is -4.30. The molecule has 0 aliphatic heterocycles.